The minimum atomic E-state index is -0.317. The lowest BCUT2D eigenvalue weighted by Gasteiger charge is -2.58. The largest absolute Gasteiger partial charge is 0.453 e. The predicted octanol–water partition coefficient (Wildman–Crippen LogP) is 4.66. The Kier molecular flexibility index (Phi) is 7.08. The number of amides is 3. The van der Waals surface area contributed by atoms with Gasteiger partial charge in [-0.3, -0.25) is 0 Å². The summed E-state index contributed by atoms with van der Waals surface area (Å²) in [6.07, 6.45) is 11.4. The molecule has 1 saturated heterocycles. The minimum Gasteiger partial charge on any atom is -0.453 e. The second kappa shape index (κ2) is 9.85. The highest BCUT2D eigenvalue weighted by molar-refractivity contribution is 5.75. The fourth-order valence-corrected chi connectivity index (χ4v) is 9.34. The fraction of sp³-hybridized carbons (Fsp3) is 0.862. The van der Waals surface area contributed by atoms with Gasteiger partial charge < -0.3 is 25.0 Å². The Morgan fingerprint density at radius 3 is 2.53 bits per heavy atom. The number of allylic oxidation sites excluding steroid dienone is 1. The number of piperazine rings is 1. The molecule has 7 heteroatoms. The van der Waals surface area contributed by atoms with Crippen molar-refractivity contribution in [2.24, 2.45) is 40.4 Å². The minimum absolute atomic E-state index is 0.00729. The molecule has 1 heterocycles. The standard InChI is InChI=1S/C29H47N3O4/c1-19(18-30-26(34)31-13-15-32(16-14-31)27(35)36-4)23-7-8-24-22-6-5-20-17-21(33)9-11-28(20,2)25(22)10-12-29(23,24)3/h5,19,21-25,33H,6-18H2,1-4H3,(H,30,34)/t19?,21-,22-,23+,24-,25-,28-,29+/m0/s1. The van der Waals surface area contributed by atoms with E-state index < -0.39 is 0 Å². The van der Waals surface area contributed by atoms with Crippen LogP contribution in [0.2, 0.25) is 0 Å². The molecule has 5 rings (SSSR count). The number of rotatable bonds is 3. The maximum atomic E-state index is 12.9. The molecule has 1 unspecified atom stereocenters. The molecular weight excluding hydrogens is 454 g/mol. The van der Waals surface area contributed by atoms with Crippen molar-refractivity contribution in [2.45, 2.75) is 78.2 Å². The number of aliphatic hydroxyl groups is 1. The molecule has 0 spiro atoms. The van der Waals surface area contributed by atoms with Gasteiger partial charge in [-0.1, -0.05) is 32.4 Å². The monoisotopic (exact) mass is 501 g/mol. The Morgan fingerprint density at radius 2 is 1.81 bits per heavy atom. The quantitative estimate of drug-likeness (QED) is 0.551. The highest BCUT2D eigenvalue weighted by atomic mass is 16.5. The number of methoxy groups -OCH3 is 1. The average Bonchev–Trinajstić information content (AvgIpc) is 3.24. The third kappa shape index (κ3) is 4.33. The predicted molar refractivity (Wildman–Crippen MR) is 139 cm³/mol. The van der Waals surface area contributed by atoms with Gasteiger partial charge >= 0.3 is 12.1 Å². The maximum absolute atomic E-state index is 12.9. The van der Waals surface area contributed by atoms with E-state index in [0.717, 1.165) is 43.6 Å². The van der Waals surface area contributed by atoms with Crippen LogP contribution < -0.4 is 5.32 Å². The summed E-state index contributed by atoms with van der Waals surface area (Å²) in [6, 6.07) is -0.00729. The topological polar surface area (TPSA) is 82.1 Å². The molecule has 1 aliphatic heterocycles. The van der Waals surface area contributed by atoms with Gasteiger partial charge in [0.25, 0.3) is 0 Å². The van der Waals surface area contributed by atoms with Gasteiger partial charge in [0.15, 0.2) is 0 Å². The molecule has 0 aromatic heterocycles. The first-order valence-electron chi connectivity index (χ1n) is 14.4. The van der Waals surface area contributed by atoms with Crippen LogP contribution in [-0.4, -0.2) is 73.0 Å². The molecule has 5 aliphatic rings. The van der Waals surface area contributed by atoms with Crippen LogP contribution in [-0.2, 0) is 4.74 Å². The van der Waals surface area contributed by atoms with Crippen molar-refractivity contribution in [3.63, 3.8) is 0 Å². The highest BCUT2D eigenvalue weighted by Gasteiger charge is 2.59. The number of ether oxygens (including phenoxy) is 1. The lowest BCUT2D eigenvalue weighted by atomic mass is 9.47. The summed E-state index contributed by atoms with van der Waals surface area (Å²) >= 11 is 0. The van der Waals surface area contributed by atoms with Gasteiger partial charge in [0.2, 0.25) is 0 Å². The van der Waals surface area contributed by atoms with Gasteiger partial charge in [-0.2, -0.15) is 0 Å². The van der Waals surface area contributed by atoms with Gasteiger partial charge in [-0.05, 0) is 91.8 Å². The van der Waals surface area contributed by atoms with Crippen molar-refractivity contribution in [3.05, 3.63) is 11.6 Å². The lowest BCUT2D eigenvalue weighted by Crippen LogP contribution is -2.54. The lowest BCUT2D eigenvalue weighted by molar-refractivity contribution is -0.0564. The third-order valence-corrected chi connectivity index (χ3v) is 11.4. The molecule has 7 nitrogen and oxygen atoms in total. The van der Waals surface area contributed by atoms with Gasteiger partial charge in [-0.25, -0.2) is 9.59 Å². The molecule has 3 saturated carbocycles. The maximum Gasteiger partial charge on any atom is 0.409 e. The summed E-state index contributed by atoms with van der Waals surface area (Å²) in [5.41, 5.74) is 2.19. The molecule has 2 N–H and O–H groups in total. The Bertz CT molecular complexity index is 884. The zero-order valence-electron chi connectivity index (χ0n) is 22.8. The van der Waals surface area contributed by atoms with Crippen LogP contribution in [0.15, 0.2) is 11.6 Å². The summed E-state index contributed by atoms with van der Waals surface area (Å²) in [4.78, 5) is 28.1. The normalized spacial score (nSPS) is 40.9. The van der Waals surface area contributed by atoms with E-state index >= 15 is 0 Å². The molecule has 0 radical (unpaired) electrons. The van der Waals surface area contributed by atoms with Gasteiger partial charge in [0.1, 0.15) is 0 Å². The van der Waals surface area contributed by atoms with E-state index in [9.17, 15) is 14.7 Å². The first-order chi connectivity index (χ1) is 17.2. The van der Waals surface area contributed by atoms with Crippen LogP contribution in [0.1, 0.15) is 72.1 Å². The van der Waals surface area contributed by atoms with E-state index in [1.54, 1.807) is 10.5 Å². The molecular formula is C29H47N3O4. The molecule has 0 aromatic rings. The van der Waals surface area contributed by atoms with Crippen LogP contribution in [0, 0.1) is 40.4 Å². The summed E-state index contributed by atoms with van der Waals surface area (Å²) in [5.74, 6) is 3.40. The number of urea groups is 1. The van der Waals surface area contributed by atoms with E-state index in [0.29, 0.717) is 48.8 Å². The van der Waals surface area contributed by atoms with Crippen LogP contribution in [0.3, 0.4) is 0 Å². The number of hydrogen-bond donors (Lipinski definition) is 2. The second-order valence-electron chi connectivity index (χ2n) is 13.0. The number of carbonyl (C=O) groups is 2. The van der Waals surface area contributed by atoms with Gasteiger partial charge in [0.05, 0.1) is 13.2 Å². The summed E-state index contributed by atoms with van der Waals surface area (Å²) in [7, 11) is 1.40. The Labute approximate surface area is 217 Å². The Balaban J connectivity index is 1.18. The molecule has 36 heavy (non-hydrogen) atoms. The molecule has 8 atom stereocenters. The van der Waals surface area contributed by atoms with E-state index in [4.69, 9.17) is 4.74 Å². The zero-order valence-corrected chi connectivity index (χ0v) is 22.8. The summed E-state index contributed by atoms with van der Waals surface area (Å²) < 4.78 is 4.80. The molecule has 0 aromatic carbocycles. The first kappa shape index (κ1) is 25.9. The van der Waals surface area contributed by atoms with Gasteiger partial charge in [-0.15, -0.1) is 0 Å². The highest BCUT2D eigenvalue weighted by Crippen LogP contribution is 2.67. The smallest absolute Gasteiger partial charge is 0.409 e. The van der Waals surface area contributed by atoms with Crippen molar-refractivity contribution in [2.75, 3.05) is 39.8 Å². The number of nitrogens with one attached hydrogen (secondary N) is 1. The van der Waals surface area contributed by atoms with Crippen LogP contribution in [0.5, 0.6) is 0 Å². The number of fused-ring (bicyclic) bond motifs is 5. The summed E-state index contributed by atoms with van der Waals surface area (Å²) in [6.45, 7) is 10.3. The molecule has 4 aliphatic carbocycles. The van der Waals surface area contributed by atoms with Crippen molar-refractivity contribution >= 4 is 12.1 Å². The SMILES string of the molecule is COC(=O)N1CCN(C(=O)NCC(C)[C@H]2CC[C@H]3[C@@H]4CC=C5C[C@@H](O)CC[C@]5(C)[C@H]4CC[C@]23C)CC1. The average molecular weight is 502 g/mol. The van der Waals surface area contributed by atoms with Gasteiger partial charge in [0, 0.05) is 32.7 Å². The molecule has 202 valence electrons. The number of carbonyl (C=O) groups excluding carboxylic acids is 2. The van der Waals surface area contributed by atoms with Crippen molar-refractivity contribution in [3.8, 4) is 0 Å². The van der Waals surface area contributed by atoms with Crippen LogP contribution in [0.4, 0.5) is 9.59 Å². The van der Waals surface area contributed by atoms with E-state index in [2.05, 4.69) is 32.2 Å². The van der Waals surface area contributed by atoms with E-state index in [1.807, 2.05) is 4.90 Å². The zero-order chi connectivity index (χ0) is 25.7. The fourth-order valence-electron chi connectivity index (χ4n) is 9.34. The van der Waals surface area contributed by atoms with E-state index in [1.165, 1.54) is 39.2 Å². The van der Waals surface area contributed by atoms with Crippen molar-refractivity contribution in [1.29, 1.82) is 0 Å². The first-order valence-corrected chi connectivity index (χ1v) is 14.4. The number of aliphatic hydroxyl groups excluding tert-OH is 1. The summed E-state index contributed by atoms with van der Waals surface area (Å²) in [5, 5.41) is 13.5. The second-order valence-corrected chi connectivity index (χ2v) is 13.0. The molecule has 0 bridgehead atoms. The van der Waals surface area contributed by atoms with Crippen molar-refractivity contribution in [1.82, 2.24) is 15.1 Å². The molecule has 3 amide bonds. The Hall–Kier alpha value is -1.76. The Morgan fingerprint density at radius 1 is 1.08 bits per heavy atom. The molecule has 4 fully saturated rings. The van der Waals surface area contributed by atoms with Crippen molar-refractivity contribution < 1.29 is 19.4 Å². The number of hydrogen-bond acceptors (Lipinski definition) is 4. The van der Waals surface area contributed by atoms with Crippen LogP contribution >= 0.6 is 0 Å². The number of nitrogens with zero attached hydrogens (tertiary/aromatic N) is 2. The third-order valence-electron chi connectivity index (χ3n) is 11.4. The van der Waals surface area contributed by atoms with Crippen LogP contribution in [0.25, 0.3) is 0 Å². The van der Waals surface area contributed by atoms with E-state index in [-0.39, 0.29) is 18.2 Å².